The molecular weight excluding hydrogens is 296 g/mol. The first-order valence-corrected chi connectivity index (χ1v) is 6.65. The van der Waals surface area contributed by atoms with Crippen molar-refractivity contribution in [2.45, 2.75) is 19.8 Å². The van der Waals surface area contributed by atoms with Crippen LogP contribution in [0.2, 0.25) is 0 Å². The van der Waals surface area contributed by atoms with Gasteiger partial charge >= 0.3 is 0 Å². The number of halogens is 1. The van der Waals surface area contributed by atoms with Crippen molar-refractivity contribution in [3.05, 3.63) is 28.2 Å². The minimum absolute atomic E-state index is 0.180. The summed E-state index contributed by atoms with van der Waals surface area (Å²) in [4.78, 5) is 23.7. The molecule has 1 aromatic rings. The number of carbonyl (C=O) groups excluding carboxylic acids is 2. The zero-order valence-electron chi connectivity index (χ0n) is 10.4. The summed E-state index contributed by atoms with van der Waals surface area (Å²) in [5, 5.41) is 0. The molecule has 0 unspecified atom stereocenters. The van der Waals surface area contributed by atoms with Gasteiger partial charge < -0.3 is 10.6 Å². The summed E-state index contributed by atoms with van der Waals surface area (Å²) in [6, 6.07) is 5.29. The van der Waals surface area contributed by atoms with Crippen molar-refractivity contribution >= 4 is 33.8 Å². The zero-order valence-corrected chi connectivity index (χ0v) is 11.9. The van der Waals surface area contributed by atoms with Crippen LogP contribution in [-0.4, -0.2) is 25.3 Å². The molecular formula is C13H17BrN2O2. The first-order chi connectivity index (χ1) is 8.58. The molecule has 4 nitrogen and oxygen atoms in total. The van der Waals surface area contributed by atoms with Crippen molar-refractivity contribution in [1.82, 2.24) is 0 Å². The summed E-state index contributed by atoms with van der Waals surface area (Å²) >= 11 is 3.42. The second-order valence-electron chi connectivity index (χ2n) is 4.07. The van der Waals surface area contributed by atoms with Crippen LogP contribution >= 0.6 is 15.9 Å². The van der Waals surface area contributed by atoms with Gasteiger partial charge in [0.05, 0.1) is 12.2 Å². The lowest BCUT2D eigenvalue weighted by Gasteiger charge is -2.24. The van der Waals surface area contributed by atoms with E-state index in [4.69, 9.17) is 5.73 Å². The average molecular weight is 313 g/mol. The summed E-state index contributed by atoms with van der Waals surface area (Å²) in [7, 11) is 0. The Balaban J connectivity index is 2.96. The molecule has 0 saturated carbocycles. The number of rotatable bonds is 7. The fourth-order valence-electron chi connectivity index (χ4n) is 1.67. The van der Waals surface area contributed by atoms with Crippen LogP contribution < -0.4 is 10.6 Å². The number of benzene rings is 1. The number of amides is 1. The standard InChI is InChI=1S/C13H17BrN2O2/c1-2-3-6-16(8-13(15)18)12-5-4-10(9-17)7-11(12)14/h4-5,7,9H,2-3,6,8H2,1H3,(H2,15,18). The number of aldehydes is 1. The SMILES string of the molecule is CCCCN(CC(N)=O)c1ccc(C=O)cc1Br. The van der Waals surface area contributed by atoms with Gasteiger partial charge in [0.2, 0.25) is 5.91 Å². The van der Waals surface area contributed by atoms with E-state index in [1.54, 1.807) is 12.1 Å². The van der Waals surface area contributed by atoms with Gasteiger partial charge in [0.15, 0.2) is 0 Å². The maximum atomic E-state index is 11.1. The van der Waals surface area contributed by atoms with Crippen LogP contribution in [0.25, 0.3) is 0 Å². The molecule has 0 radical (unpaired) electrons. The molecule has 0 fully saturated rings. The van der Waals surface area contributed by atoms with Crippen LogP contribution in [0, 0.1) is 0 Å². The lowest BCUT2D eigenvalue weighted by Crippen LogP contribution is -2.34. The number of hydrogen-bond donors (Lipinski definition) is 1. The number of nitrogens with two attached hydrogens (primary N) is 1. The molecule has 0 atom stereocenters. The summed E-state index contributed by atoms with van der Waals surface area (Å²) in [5.41, 5.74) is 6.74. The van der Waals surface area contributed by atoms with Gasteiger partial charge in [0.1, 0.15) is 6.29 Å². The second kappa shape index (κ2) is 7.16. The molecule has 0 bridgehead atoms. The Hall–Kier alpha value is -1.36. The van der Waals surface area contributed by atoms with Gasteiger partial charge in [0, 0.05) is 16.6 Å². The Morgan fingerprint density at radius 1 is 1.50 bits per heavy atom. The van der Waals surface area contributed by atoms with Gasteiger partial charge in [-0.25, -0.2) is 0 Å². The Morgan fingerprint density at radius 3 is 2.72 bits per heavy atom. The monoisotopic (exact) mass is 312 g/mol. The third-order valence-corrected chi connectivity index (χ3v) is 3.21. The summed E-state index contributed by atoms with van der Waals surface area (Å²) in [6.07, 6.45) is 2.81. The molecule has 0 saturated heterocycles. The molecule has 98 valence electrons. The lowest BCUT2D eigenvalue weighted by atomic mass is 10.2. The Kier molecular flexibility index (Phi) is 5.85. The van der Waals surface area contributed by atoms with Crippen molar-refractivity contribution in [2.24, 2.45) is 5.73 Å². The van der Waals surface area contributed by atoms with Crippen LogP contribution in [0.1, 0.15) is 30.1 Å². The molecule has 0 aliphatic heterocycles. The summed E-state index contributed by atoms with van der Waals surface area (Å²) in [5.74, 6) is -0.363. The quantitative estimate of drug-likeness (QED) is 0.786. The van der Waals surface area contributed by atoms with Gasteiger partial charge in [-0.3, -0.25) is 9.59 Å². The van der Waals surface area contributed by atoms with Crippen molar-refractivity contribution in [2.75, 3.05) is 18.0 Å². The normalized spacial score (nSPS) is 10.1. The molecule has 1 amide bonds. The Labute approximate surface area is 115 Å². The highest BCUT2D eigenvalue weighted by molar-refractivity contribution is 9.10. The van der Waals surface area contributed by atoms with Crippen molar-refractivity contribution in [3.63, 3.8) is 0 Å². The third kappa shape index (κ3) is 4.14. The fourth-order valence-corrected chi connectivity index (χ4v) is 2.32. The first-order valence-electron chi connectivity index (χ1n) is 5.86. The van der Waals surface area contributed by atoms with Crippen LogP contribution in [0.15, 0.2) is 22.7 Å². The van der Waals surface area contributed by atoms with E-state index in [0.717, 1.165) is 35.8 Å². The van der Waals surface area contributed by atoms with E-state index >= 15 is 0 Å². The minimum atomic E-state index is -0.363. The van der Waals surface area contributed by atoms with Crippen LogP contribution in [0.5, 0.6) is 0 Å². The second-order valence-corrected chi connectivity index (χ2v) is 4.92. The predicted octanol–water partition coefficient (Wildman–Crippen LogP) is 2.35. The van der Waals surface area contributed by atoms with E-state index in [0.29, 0.717) is 5.56 Å². The van der Waals surface area contributed by atoms with Gasteiger partial charge in [-0.2, -0.15) is 0 Å². The molecule has 1 rings (SSSR count). The van der Waals surface area contributed by atoms with Crippen LogP contribution in [0.4, 0.5) is 5.69 Å². The number of hydrogen-bond acceptors (Lipinski definition) is 3. The van der Waals surface area contributed by atoms with Gasteiger partial charge in [-0.1, -0.05) is 13.3 Å². The lowest BCUT2D eigenvalue weighted by molar-refractivity contribution is -0.116. The number of carbonyl (C=O) groups is 2. The number of unbranched alkanes of at least 4 members (excludes halogenated alkanes) is 1. The first kappa shape index (κ1) is 14.7. The van der Waals surface area contributed by atoms with E-state index in [2.05, 4.69) is 22.9 Å². The highest BCUT2D eigenvalue weighted by Gasteiger charge is 2.12. The molecule has 5 heteroatoms. The van der Waals surface area contributed by atoms with Gasteiger partial charge in [-0.15, -0.1) is 0 Å². The molecule has 2 N–H and O–H groups in total. The molecule has 0 aliphatic carbocycles. The maximum absolute atomic E-state index is 11.1. The van der Waals surface area contributed by atoms with Gasteiger partial charge in [0.25, 0.3) is 0 Å². The molecule has 1 aromatic carbocycles. The molecule has 0 spiro atoms. The number of anilines is 1. The number of nitrogens with zero attached hydrogens (tertiary/aromatic N) is 1. The summed E-state index contributed by atoms with van der Waals surface area (Å²) < 4.78 is 0.796. The van der Waals surface area contributed by atoms with E-state index in [1.165, 1.54) is 0 Å². The highest BCUT2D eigenvalue weighted by Crippen LogP contribution is 2.27. The minimum Gasteiger partial charge on any atom is -0.368 e. The Bertz CT molecular complexity index is 435. The number of primary amides is 1. The zero-order chi connectivity index (χ0) is 13.5. The van der Waals surface area contributed by atoms with Crippen LogP contribution in [-0.2, 0) is 4.79 Å². The molecule has 18 heavy (non-hydrogen) atoms. The van der Waals surface area contributed by atoms with Crippen molar-refractivity contribution < 1.29 is 9.59 Å². The fraction of sp³-hybridized carbons (Fsp3) is 0.385. The largest absolute Gasteiger partial charge is 0.368 e. The summed E-state index contributed by atoms with van der Waals surface area (Å²) in [6.45, 7) is 3.03. The van der Waals surface area contributed by atoms with E-state index in [9.17, 15) is 9.59 Å². The van der Waals surface area contributed by atoms with Crippen molar-refractivity contribution in [1.29, 1.82) is 0 Å². The smallest absolute Gasteiger partial charge is 0.236 e. The topological polar surface area (TPSA) is 63.4 Å². The highest BCUT2D eigenvalue weighted by atomic mass is 79.9. The van der Waals surface area contributed by atoms with E-state index in [-0.39, 0.29) is 12.5 Å². The molecule has 0 aromatic heterocycles. The maximum Gasteiger partial charge on any atom is 0.236 e. The van der Waals surface area contributed by atoms with E-state index < -0.39 is 0 Å². The molecule has 0 heterocycles. The van der Waals surface area contributed by atoms with E-state index in [1.807, 2.05) is 11.0 Å². The van der Waals surface area contributed by atoms with Gasteiger partial charge in [-0.05, 0) is 40.5 Å². The molecule has 0 aliphatic rings. The Morgan fingerprint density at radius 2 is 2.22 bits per heavy atom. The average Bonchev–Trinajstić information content (AvgIpc) is 2.34. The van der Waals surface area contributed by atoms with Crippen molar-refractivity contribution in [3.8, 4) is 0 Å². The predicted molar refractivity (Wildman–Crippen MR) is 75.8 cm³/mol. The van der Waals surface area contributed by atoms with Crippen LogP contribution in [0.3, 0.4) is 0 Å². The third-order valence-electron chi connectivity index (χ3n) is 2.58.